The summed E-state index contributed by atoms with van der Waals surface area (Å²) in [6, 6.07) is 13.5. The maximum Gasteiger partial charge on any atom is 0.267 e. The van der Waals surface area contributed by atoms with E-state index in [1.54, 1.807) is 24.4 Å². The van der Waals surface area contributed by atoms with E-state index in [1.165, 1.54) is 27.6 Å². The third-order valence-corrected chi connectivity index (χ3v) is 15.6. The van der Waals surface area contributed by atoms with Crippen LogP contribution in [0.5, 0.6) is 0 Å². The van der Waals surface area contributed by atoms with Crippen LogP contribution in [0.1, 0.15) is 109 Å². The van der Waals surface area contributed by atoms with Gasteiger partial charge in [-0.1, -0.05) is 42.5 Å². The van der Waals surface area contributed by atoms with Crippen molar-refractivity contribution in [2.75, 3.05) is 71.4 Å². The molecule has 6 heterocycles. The first-order valence-electron chi connectivity index (χ1n) is 25.1. The van der Waals surface area contributed by atoms with Crippen molar-refractivity contribution in [2.24, 2.45) is 10.9 Å². The lowest BCUT2D eigenvalue weighted by molar-refractivity contribution is -0.123. The third kappa shape index (κ3) is 12.6. The van der Waals surface area contributed by atoms with E-state index < -0.39 is 30.2 Å². The molecule has 4 fully saturated rings. The number of carbonyl (C=O) groups excluding carboxylic acids is 3. The normalized spacial score (nSPS) is 23.8. The zero-order chi connectivity index (χ0) is 51.1. The molecule has 3 unspecified atom stereocenters. The van der Waals surface area contributed by atoms with Crippen molar-refractivity contribution in [2.45, 2.75) is 95.6 Å². The van der Waals surface area contributed by atoms with Crippen molar-refractivity contribution in [3.8, 4) is 0 Å². The van der Waals surface area contributed by atoms with Crippen molar-refractivity contribution < 1.29 is 36.2 Å². The number of hydrogen-bond acceptors (Lipinski definition) is 11. The number of methoxy groups -OCH3 is 1. The fraction of sp³-hybridized carbons (Fsp3) is 0.473. The van der Waals surface area contributed by atoms with Crippen LogP contribution in [0, 0.1) is 18.7 Å². The van der Waals surface area contributed by atoms with Gasteiger partial charge in [0, 0.05) is 74.1 Å². The van der Waals surface area contributed by atoms with Crippen LogP contribution in [0.4, 0.5) is 22.7 Å². The number of aliphatic imine (C=N–C) groups is 1. The average molecular weight is 1010 g/mol. The van der Waals surface area contributed by atoms with Crippen LogP contribution in [0.3, 0.4) is 0 Å². The number of nitrogens with zero attached hydrogens (tertiary/aromatic N) is 6. The quantitative estimate of drug-likeness (QED) is 0.119. The maximum atomic E-state index is 15.7. The predicted molar refractivity (Wildman–Crippen MR) is 277 cm³/mol. The molecule has 72 heavy (non-hydrogen) atoms. The van der Waals surface area contributed by atoms with Crippen molar-refractivity contribution in [1.29, 1.82) is 0 Å². The number of pyridine rings is 1. The number of likely N-dealkylation sites (tertiary alicyclic amines) is 3. The topological polar surface area (TPSA) is 123 Å². The number of ether oxygens (including phenoxy) is 1. The van der Waals surface area contributed by atoms with Crippen LogP contribution in [0.15, 0.2) is 95.9 Å². The Morgan fingerprint density at radius 3 is 2.46 bits per heavy atom. The lowest BCUT2D eigenvalue weighted by atomic mass is 9.85. The van der Waals surface area contributed by atoms with Gasteiger partial charge in [0.15, 0.2) is 18.1 Å². The highest BCUT2D eigenvalue weighted by Gasteiger charge is 2.47. The van der Waals surface area contributed by atoms with E-state index in [0.29, 0.717) is 54.9 Å². The summed E-state index contributed by atoms with van der Waals surface area (Å²) in [5.74, 6) is -4.69. The Morgan fingerprint density at radius 1 is 1.01 bits per heavy atom. The molecular formula is C55H66F4N8O4S. The molecule has 2 aromatic carbocycles. The van der Waals surface area contributed by atoms with Crippen LogP contribution in [0.2, 0.25) is 0 Å². The van der Waals surface area contributed by atoms with Gasteiger partial charge in [0.05, 0.1) is 24.7 Å². The molecule has 3 aromatic rings. The second-order valence-corrected chi connectivity index (χ2v) is 20.5. The van der Waals surface area contributed by atoms with Gasteiger partial charge in [-0.25, -0.2) is 22.5 Å². The molecule has 0 radical (unpaired) electrons. The molecule has 4 saturated heterocycles. The second kappa shape index (κ2) is 23.5. The summed E-state index contributed by atoms with van der Waals surface area (Å²) in [5.41, 5.74) is 7.34. The van der Waals surface area contributed by atoms with Gasteiger partial charge in [-0.05, 0) is 149 Å². The molecule has 2 N–H and O–H groups in total. The number of carbonyl (C=O) groups is 3. The molecule has 17 heteroatoms. The minimum absolute atomic E-state index is 0.0169. The number of hydrogen-bond donors (Lipinski definition) is 2. The highest BCUT2D eigenvalue weighted by Crippen LogP contribution is 2.42. The standard InChI is InChI=1S/C55H66F4N8O4S/c1-35(28-48-37(3)60-22-16-46(48)43-7-6-36(2)62-52(33-71-5)67(32-43)72-59)38(4)65-26-19-41(20-27-65)40-8-10-42(11-9-40)54(70)66-24-17-39(18-25-66)31-64-23-21-49(55(57,58)34-64)47-14-12-44(29-50(47)56)63-51-15-13-45(68)30-61-53(51)69/h6-12,14,16,22,28-29,32,38-39,41,49,51,63H,2,13,15,17-21,23-27,30-31,33-34H2,1,3-5H3,(H,61,69)/b7-6-,35-28+,43-32+,62-52?. The number of amides is 2. The largest absolute Gasteiger partial charge is 0.377 e. The number of piperidine rings is 3. The maximum absolute atomic E-state index is 15.7. The number of anilines is 1. The van der Waals surface area contributed by atoms with Gasteiger partial charge in [0.25, 0.3) is 11.8 Å². The summed E-state index contributed by atoms with van der Waals surface area (Å²) in [6.07, 6.45) is 13.4. The first-order chi connectivity index (χ1) is 34.6. The highest BCUT2D eigenvalue weighted by atomic mass is 32.2. The molecule has 0 aliphatic carbocycles. The lowest BCUT2D eigenvalue weighted by Gasteiger charge is -2.41. The monoisotopic (exact) mass is 1010 g/mol. The fourth-order valence-corrected chi connectivity index (χ4v) is 11.1. The first-order valence-corrected chi connectivity index (χ1v) is 25.7. The summed E-state index contributed by atoms with van der Waals surface area (Å²) in [4.78, 5) is 53.0. The SMILES string of the molecule is C=C1/C=C\C(c2ccnc(C)c2/C=C(\C)C(C)N2CCC(c3ccc(C(=O)N4CCC(CN5CCC(c6ccc(NC7CCC(=O)CNC7=O)cc6F)C(F)(F)C5)CC4)cc3)CC2)=C/N(SF)C(COC)=N1. The average Bonchev–Trinajstić information content (AvgIpc) is 3.52. The summed E-state index contributed by atoms with van der Waals surface area (Å²) in [6.45, 7) is 13.8. The number of halogens is 4. The number of rotatable bonds is 14. The summed E-state index contributed by atoms with van der Waals surface area (Å²) in [5, 5.41) is 5.51. The van der Waals surface area contributed by atoms with E-state index >= 15 is 13.2 Å². The van der Waals surface area contributed by atoms with E-state index in [0.717, 1.165) is 67.2 Å². The van der Waals surface area contributed by atoms with Crippen molar-refractivity contribution in [1.82, 2.24) is 29.3 Å². The number of Topliss-reactive ketones (excluding diaryl/α,β-unsaturated/α-hetero) is 1. The molecule has 12 nitrogen and oxygen atoms in total. The second-order valence-electron chi connectivity index (χ2n) is 19.9. The number of alkyl halides is 2. The van der Waals surface area contributed by atoms with Crippen LogP contribution in [-0.4, -0.2) is 132 Å². The van der Waals surface area contributed by atoms with E-state index in [9.17, 15) is 18.3 Å². The van der Waals surface area contributed by atoms with Gasteiger partial charge in [0.1, 0.15) is 24.3 Å². The number of aryl methyl sites for hydroxylation is 1. The summed E-state index contributed by atoms with van der Waals surface area (Å²) < 4.78 is 67.8. The Morgan fingerprint density at radius 2 is 1.76 bits per heavy atom. The van der Waals surface area contributed by atoms with Gasteiger partial charge in [-0.3, -0.25) is 29.2 Å². The van der Waals surface area contributed by atoms with E-state index in [4.69, 9.17) is 4.74 Å². The van der Waals surface area contributed by atoms with E-state index in [2.05, 4.69) is 64.1 Å². The van der Waals surface area contributed by atoms with Crippen molar-refractivity contribution >= 4 is 53.1 Å². The molecule has 384 valence electrons. The van der Waals surface area contributed by atoms with Crippen LogP contribution in [0.25, 0.3) is 11.6 Å². The minimum atomic E-state index is -3.15. The van der Waals surface area contributed by atoms with Gasteiger partial charge < -0.3 is 20.3 Å². The number of benzene rings is 2. The Bertz CT molecular complexity index is 2610. The van der Waals surface area contributed by atoms with Crippen LogP contribution >= 0.6 is 12.3 Å². The smallest absolute Gasteiger partial charge is 0.267 e. The molecule has 3 atom stereocenters. The van der Waals surface area contributed by atoms with Gasteiger partial charge >= 0.3 is 0 Å². The van der Waals surface area contributed by atoms with Crippen LogP contribution in [-0.2, 0) is 14.3 Å². The minimum Gasteiger partial charge on any atom is -0.377 e. The molecule has 0 bridgehead atoms. The zero-order valence-corrected chi connectivity index (χ0v) is 42.5. The highest BCUT2D eigenvalue weighted by molar-refractivity contribution is 7.92. The molecule has 1 aromatic heterocycles. The van der Waals surface area contributed by atoms with Gasteiger partial charge in [-0.15, -0.1) is 3.89 Å². The van der Waals surface area contributed by atoms with E-state index in [-0.39, 0.29) is 79.9 Å². The lowest BCUT2D eigenvalue weighted by Crippen LogP contribution is -2.50. The Hall–Kier alpha value is -5.62. The molecule has 0 spiro atoms. The molecule has 5 aliphatic rings. The predicted octanol–water partition coefficient (Wildman–Crippen LogP) is 9.74. The van der Waals surface area contributed by atoms with Crippen molar-refractivity contribution in [3.63, 3.8) is 0 Å². The molecule has 2 amide bonds. The third-order valence-electron chi connectivity index (χ3n) is 15.1. The molecule has 8 rings (SSSR count). The fourth-order valence-electron chi connectivity index (χ4n) is 10.8. The summed E-state index contributed by atoms with van der Waals surface area (Å²) in [7, 11) is 1.54. The Labute approximate surface area is 425 Å². The van der Waals surface area contributed by atoms with Crippen molar-refractivity contribution in [3.05, 3.63) is 130 Å². The summed E-state index contributed by atoms with van der Waals surface area (Å²) >= 11 is 0.0596. The number of allylic oxidation sites excluding steroid dienone is 3. The van der Waals surface area contributed by atoms with Gasteiger partial charge in [0.2, 0.25) is 5.91 Å². The number of amidine groups is 1. The molecule has 0 saturated carbocycles. The van der Waals surface area contributed by atoms with Gasteiger partial charge in [-0.2, -0.15) is 0 Å². The first kappa shape index (κ1) is 52.7. The Kier molecular flexibility index (Phi) is 17.2. The number of aromatic nitrogens is 1. The van der Waals surface area contributed by atoms with E-state index in [1.807, 2.05) is 42.2 Å². The molecular weight excluding hydrogens is 945 g/mol. The number of nitrogens with one attached hydrogen (secondary N) is 2. The molecule has 5 aliphatic heterocycles. The van der Waals surface area contributed by atoms with Crippen LogP contribution < -0.4 is 10.6 Å². The zero-order valence-electron chi connectivity index (χ0n) is 41.6. The Balaban J connectivity index is 0.799. The number of ketones is 1.